The van der Waals surface area contributed by atoms with E-state index in [2.05, 4.69) is 18.2 Å². The Bertz CT molecular complexity index is 850. The molecule has 0 aromatic heterocycles. The number of hydrogen-bond donors (Lipinski definition) is 2. The predicted octanol–water partition coefficient (Wildman–Crippen LogP) is 2.95. The van der Waals surface area contributed by atoms with Gasteiger partial charge in [0.1, 0.15) is 0 Å². The van der Waals surface area contributed by atoms with Gasteiger partial charge in [-0.05, 0) is 28.3 Å². The molecule has 3 heteroatoms. The molecule has 0 radical (unpaired) electrons. The van der Waals surface area contributed by atoms with E-state index in [-0.39, 0.29) is 19.0 Å². The molecule has 0 bridgehead atoms. The molecule has 3 nitrogen and oxygen atoms in total. The Morgan fingerprint density at radius 2 is 1.48 bits per heavy atom. The monoisotopic (exact) mass is 306 g/mol. The van der Waals surface area contributed by atoms with E-state index in [0.29, 0.717) is 0 Å². The van der Waals surface area contributed by atoms with Crippen LogP contribution in [-0.4, -0.2) is 29.2 Å². The second-order valence-corrected chi connectivity index (χ2v) is 5.43. The van der Waals surface area contributed by atoms with E-state index >= 15 is 0 Å². The molecule has 3 aromatic carbocycles. The summed E-state index contributed by atoms with van der Waals surface area (Å²) in [5.41, 5.74) is 4.01. The van der Waals surface area contributed by atoms with Crippen LogP contribution in [0.1, 0.15) is 27.0 Å². The summed E-state index contributed by atoms with van der Waals surface area (Å²) in [6, 6.07) is 20.2. The van der Waals surface area contributed by atoms with Crippen LogP contribution in [0.4, 0.5) is 0 Å². The summed E-state index contributed by atoms with van der Waals surface area (Å²) in [5.74, 6) is 0.161. The molecule has 2 N–H and O–H groups in total. The zero-order valence-electron chi connectivity index (χ0n) is 12.7. The van der Waals surface area contributed by atoms with Crippen LogP contribution in [0.2, 0.25) is 0 Å². The first-order valence-corrected chi connectivity index (χ1v) is 7.61. The standard InChI is InChI=1S/C18H12O.C2H6O2/c19-18-16-8-4-2-6-13(16)11-14-10-9-12-5-1-3-7-15(12)17(14)18;3-1-2-4/h1-10H,11H2;3-4H,1-2H2. The first kappa shape index (κ1) is 15.4. The van der Waals surface area contributed by atoms with Gasteiger partial charge in [-0.3, -0.25) is 4.79 Å². The van der Waals surface area contributed by atoms with E-state index in [9.17, 15) is 4.79 Å². The lowest BCUT2D eigenvalue weighted by Gasteiger charge is -2.20. The molecule has 0 saturated heterocycles. The predicted molar refractivity (Wildman–Crippen MR) is 90.8 cm³/mol. The largest absolute Gasteiger partial charge is 0.394 e. The van der Waals surface area contributed by atoms with Gasteiger partial charge in [0.2, 0.25) is 0 Å². The summed E-state index contributed by atoms with van der Waals surface area (Å²) in [5, 5.41) is 17.5. The maximum absolute atomic E-state index is 12.7. The third kappa shape index (κ3) is 2.89. The lowest BCUT2D eigenvalue weighted by molar-refractivity contribution is 0.103. The minimum absolute atomic E-state index is 0.125. The number of aliphatic hydroxyl groups excluding tert-OH is 2. The van der Waals surface area contributed by atoms with Gasteiger partial charge in [-0.2, -0.15) is 0 Å². The molecule has 0 aliphatic heterocycles. The zero-order chi connectivity index (χ0) is 16.2. The van der Waals surface area contributed by atoms with Gasteiger partial charge in [-0.15, -0.1) is 0 Å². The molecule has 0 fully saturated rings. The van der Waals surface area contributed by atoms with E-state index in [4.69, 9.17) is 10.2 Å². The molecular formula is C20H18O3. The second kappa shape index (κ2) is 6.73. The van der Waals surface area contributed by atoms with Gasteiger partial charge in [-0.25, -0.2) is 0 Å². The molecule has 116 valence electrons. The summed E-state index contributed by atoms with van der Waals surface area (Å²) >= 11 is 0. The summed E-state index contributed by atoms with van der Waals surface area (Å²) < 4.78 is 0. The normalized spacial score (nSPS) is 12.2. The first-order valence-electron chi connectivity index (χ1n) is 7.61. The molecule has 0 saturated carbocycles. The summed E-state index contributed by atoms with van der Waals surface area (Å²) in [6.45, 7) is -0.250. The maximum atomic E-state index is 12.7. The van der Waals surface area contributed by atoms with Crippen LogP contribution in [0.25, 0.3) is 10.8 Å². The third-order valence-corrected chi connectivity index (χ3v) is 3.99. The molecule has 0 unspecified atom stereocenters. The van der Waals surface area contributed by atoms with E-state index < -0.39 is 0 Å². The van der Waals surface area contributed by atoms with Crippen LogP contribution < -0.4 is 0 Å². The Kier molecular flexibility index (Phi) is 4.51. The van der Waals surface area contributed by atoms with E-state index in [0.717, 1.165) is 39.4 Å². The third-order valence-electron chi connectivity index (χ3n) is 3.99. The number of hydrogen-bond acceptors (Lipinski definition) is 3. The van der Waals surface area contributed by atoms with Gasteiger partial charge in [0.15, 0.2) is 5.78 Å². The van der Waals surface area contributed by atoms with Crippen molar-refractivity contribution in [3.8, 4) is 0 Å². The van der Waals surface area contributed by atoms with E-state index in [1.807, 2.05) is 42.5 Å². The molecule has 0 atom stereocenters. The summed E-state index contributed by atoms with van der Waals surface area (Å²) in [6.07, 6.45) is 0.849. The van der Waals surface area contributed by atoms with Gasteiger partial charge < -0.3 is 10.2 Å². The highest BCUT2D eigenvalue weighted by Gasteiger charge is 2.24. The van der Waals surface area contributed by atoms with Crippen LogP contribution >= 0.6 is 0 Å². The van der Waals surface area contributed by atoms with Crippen molar-refractivity contribution in [3.63, 3.8) is 0 Å². The fraction of sp³-hybridized carbons (Fsp3) is 0.150. The molecular weight excluding hydrogens is 288 g/mol. The van der Waals surface area contributed by atoms with Gasteiger partial charge in [0.25, 0.3) is 0 Å². The van der Waals surface area contributed by atoms with Crippen molar-refractivity contribution < 1.29 is 15.0 Å². The van der Waals surface area contributed by atoms with E-state index in [1.54, 1.807) is 0 Å². The molecule has 23 heavy (non-hydrogen) atoms. The molecule has 1 aliphatic rings. The number of ketones is 1. The van der Waals surface area contributed by atoms with Crippen molar-refractivity contribution >= 4 is 16.6 Å². The SMILES string of the molecule is O=C1c2ccccc2Cc2ccc3ccccc3c21.OCCO. The molecule has 1 aliphatic carbocycles. The Balaban J connectivity index is 0.000000354. The summed E-state index contributed by atoms with van der Waals surface area (Å²) in [7, 11) is 0. The Morgan fingerprint density at radius 3 is 2.26 bits per heavy atom. The molecule has 0 spiro atoms. The topological polar surface area (TPSA) is 57.5 Å². The highest BCUT2D eigenvalue weighted by molar-refractivity contribution is 6.19. The van der Waals surface area contributed by atoms with Gasteiger partial charge >= 0.3 is 0 Å². The molecule has 0 heterocycles. The van der Waals surface area contributed by atoms with Crippen molar-refractivity contribution in [2.45, 2.75) is 6.42 Å². The van der Waals surface area contributed by atoms with Crippen LogP contribution in [0.5, 0.6) is 0 Å². The highest BCUT2D eigenvalue weighted by atomic mass is 16.3. The van der Waals surface area contributed by atoms with Gasteiger partial charge in [-0.1, -0.05) is 60.7 Å². The lowest BCUT2D eigenvalue weighted by Crippen LogP contribution is -2.15. The van der Waals surface area contributed by atoms with E-state index in [1.165, 1.54) is 0 Å². The lowest BCUT2D eigenvalue weighted by atomic mass is 9.82. The highest BCUT2D eigenvalue weighted by Crippen LogP contribution is 2.32. The summed E-state index contributed by atoms with van der Waals surface area (Å²) in [4.78, 5) is 12.7. The number of fused-ring (bicyclic) bond motifs is 4. The average Bonchev–Trinajstić information content (AvgIpc) is 2.62. The molecule has 3 aromatic rings. The zero-order valence-corrected chi connectivity index (χ0v) is 12.7. The quantitative estimate of drug-likeness (QED) is 0.568. The van der Waals surface area contributed by atoms with Gasteiger partial charge in [0.05, 0.1) is 13.2 Å². The van der Waals surface area contributed by atoms with Crippen molar-refractivity contribution in [1.82, 2.24) is 0 Å². The Morgan fingerprint density at radius 1 is 0.783 bits per heavy atom. The first-order chi connectivity index (χ1) is 11.3. The Hall–Kier alpha value is -2.49. The smallest absolute Gasteiger partial charge is 0.194 e. The van der Waals surface area contributed by atoms with Gasteiger partial charge in [0, 0.05) is 11.1 Å². The number of benzene rings is 3. The number of rotatable bonds is 1. The average molecular weight is 306 g/mol. The number of aliphatic hydroxyl groups is 2. The fourth-order valence-electron chi connectivity index (χ4n) is 2.97. The maximum Gasteiger partial charge on any atom is 0.194 e. The minimum atomic E-state index is -0.125. The van der Waals surface area contributed by atoms with Crippen molar-refractivity contribution in [2.75, 3.05) is 13.2 Å². The molecule has 0 amide bonds. The Labute approximate surface area is 134 Å². The van der Waals surface area contributed by atoms with Crippen molar-refractivity contribution in [3.05, 3.63) is 82.9 Å². The van der Waals surface area contributed by atoms with Crippen LogP contribution in [0.15, 0.2) is 60.7 Å². The van der Waals surface area contributed by atoms with Crippen LogP contribution in [-0.2, 0) is 6.42 Å². The fourth-order valence-corrected chi connectivity index (χ4v) is 2.97. The van der Waals surface area contributed by atoms with Crippen molar-refractivity contribution in [2.24, 2.45) is 0 Å². The second-order valence-electron chi connectivity index (χ2n) is 5.43. The number of carbonyl (C=O) groups excluding carboxylic acids is 1. The van der Waals surface area contributed by atoms with Crippen molar-refractivity contribution in [1.29, 1.82) is 0 Å². The minimum Gasteiger partial charge on any atom is -0.394 e. The van der Waals surface area contributed by atoms with Crippen LogP contribution in [0, 0.1) is 0 Å². The van der Waals surface area contributed by atoms with Crippen LogP contribution in [0.3, 0.4) is 0 Å². The molecule has 4 rings (SSSR count). The number of carbonyl (C=O) groups is 1.